The molecule has 1 N–H and O–H groups in total. The van der Waals surface area contributed by atoms with Gasteiger partial charge in [0.05, 0.1) is 5.56 Å². The predicted octanol–water partition coefficient (Wildman–Crippen LogP) is 2.84. The molecule has 1 aliphatic carbocycles. The molecule has 1 aliphatic rings. The molecule has 4 nitrogen and oxygen atoms in total. The third-order valence-electron chi connectivity index (χ3n) is 3.30. The minimum Gasteiger partial charge on any atom is -0.480 e. The monoisotopic (exact) mass is 325 g/mol. The van der Waals surface area contributed by atoms with Gasteiger partial charge in [0.1, 0.15) is 6.04 Å². The number of halogens is 1. The average Bonchev–Trinajstić information content (AvgIpc) is 3.13. The maximum atomic E-state index is 12.5. The second-order valence-electron chi connectivity index (χ2n) is 4.94. The average molecular weight is 326 g/mol. The molecule has 5 heteroatoms. The zero-order chi connectivity index (χ0) is 14.2. The standard InChI is InChI=1S/C14H16BrNO3/c1-8-3-6-11(12(15)7-8)13(17)16(10-4-5-10)9(2)14(18)19/h3,6-7,9-10H,4-5H2,1-2H3,(H,18,19). The Hall–Kier alpha value is -1.36. The van der Waals surface area contributed by atoms with E-state index in [9.17, 15) is 9.59 Å². The van der Waals surface area contributed by atoms with Crippen molar-refractivity contribution in [2.24, 2.45) is 0 Å². The van der Waals surface area contributed by atoms with Crippen molar-refractivity contribution in [3.05, 3.63) is 33.8 Å². The van der Waals surface area contributed by atoms with Crippen molar-refractivity contribution in [2.45, 2.75) is 38.8 Å². The molecule has 1 unspecified atom stereocenters. The normalized spacial score (nSPS) is 15.9. The molecule has 1 aromatic carbocycles. The second kappa shape index (κ2) is 5.33. The van der Waals surface area contributed by atoms with Crippen molar-refractivity contribution < 1.29 is 14.7 Å². The van der Waals surface area contributed by atoms with Crippen molar-refractivity contribution in [1.82, 2.24) is 4.90 Å². The number of carbonyl (C=O) groups excluding carboxylic acids is 1. The SMILES string of the molecule is Cc1ccc(C(=O)N(C2CC2)C(C)C(=O)O)c(Br)c1. The molecule has 0 heterocycles. The van der Waals surface area contributed by atoms with Gasteiger partial charge in [-0.2, -0.15) is 0 Å². The van der Waals surface area contributed by atoms with Gasteiger partial charge in [0.15, 0.2) is 0 Å². The van der Waals surface area contributed by atoms with Crippen LogP contribution in [0.2, 0.25) is 0 Å². The molecule has 0 aromatic heterocycles. The van der Waals surface area contributed by atoms with Gasteiger partial charge < -0.3 is 10.0 Å². The van der Waals surface area contributed by atoms with Crippen LogP contribution in [0, 0.1) is 6.92 Å². The highest BCUT2D eigenvalue weighted by molar-refractivity contribution is 9.10. The number of hydrogen-bond donors (Lipinski definition) is 1. The first-order valence-electron chi connectivity index (χ1n) is 6.23. The van der Waals surface area contributed by atoms with E-state index in [0.717, 1.165) is 18.4 Å². The third-order valence-corrected chi connectivity index (χ3v) is 3.96. The summed E-state index contributed by atoms with van der Waals surface area (Å²) in [6, 6.07) is 4.73. The molecule has 0 saturated heterocycles. The molecule has 0 aliphatic heterocycles. The fourth-order valence-corrected chi connectivity index (χ4v) is 2.73. The first-order valence-corrected chi connectivity index (χ1v) is 7.02. The fraction of sp³-hybridized carbons (Fsp3) is 0.429. The second-order valence-corrected chi connectivity index (χ2v) is 5.80. The number of aryl methyl sites for hydroxylation is 1. The largest absolute Gasteiger partial charge is 0.480 e. The van der Waals surface area contributed by atoms with Crippen LogP contribution in [0.1, 0.15) is 35.7 Å². The Morgan fingerprint density at radius 3 is 2.53 bits per heavy atom. The lowest BCUT2D eigenvalue weighted by molar-refractivity contribution is -0.141. The summed E-state index contributed by atoms with van der Waals surface area (Å²) in [7, 11) is 0. The minimum absolute atomic E-state index is 0.0619. The molecule has 2 rings (SSSR count). The molecule has 1 fully saturated rings. The summed E-state index contributed by atoms with van der Waals surface area (Å²) in [5, 5.41) is 9.13. The zero-order valence-electron chi connectivity index (χ0n) is 10.9. The van der Waals surface area contributed by atoms with Crippen LogP contribution in [-0.2, 0) is 4.79 Å². The summed E-state index contributed by atoms with van der Waals surface area (Å²) in [6.45, 7) is 3.50. The Morgan fingerprint density at radius 1 is 1.42 bits per heavy atom. The smallest absolute Gasteiger partial charge is 0.326 e. The minimum atomic E-state index is -0.969. The molecule has 19 heavy (non-hydrogen) atoms. The van der Waals surface area contributed by atoms with Gasteiger partial charge in [-0.25, -0.2) is 4.79 Å². The first-order chi connectivity index (χ1) is 8.91. The van der Waals surface area contributed by atoms with Gasteiger partial charge in [-0.3, -0.25) is 4.79 Å². The first kappa shape index (κ1) is 14.1. The number of aliphatic carboxylic acids is 1. The number of rotatable bonds is 4. The van der Waals surface area contributed by atoms with Crippen LogP contribution >= 0.6 is 15.9 Å². The molecular formula is C14H16BrNO3. The van der Waals surface area contributed by atoms with Gasteiger partial charge in [0.25, 0.3) is 5.91 Å². The van der Waals surface area contributed by atoms with Crippen molar-refractivity contribution in [2.75, 3.05) is 0 Å². The number of carboxylic acids is 1. The maximum Gasteiger partial charge on any atom is 0.326 e. The van der Waals surface area contributed by atoms with Crippen LogP contribution < -0.4 is 0 Å². The van der Waals surface area contributed by atoms with Gasteiger partial charge >= 0.3 is 5.97 Å². The van der Waals surface area contributed by atoms with E-state index < -0.39 is 12.0 Å². The van der Waals surface area contributed by atoms with Crippen molar-refractivity contribution in [3.8, 4) is 0 Å². The van der Waals surface area contributed by atoms with Gasteiger partial charge in [-0.15, -0.1) is 0 Å². The highest BCUT2D eigenvalue weighted by Crippen LogP contribution is 2.31. The number of carboxylic acid groups (broad SMARTS) is 1. The lowest BCUT2D eigenvalue weighted by Gasteiger charge is -2.27. The van der Waals surface area contributed by atoms with Gasteiger partial charge in [-0.05, 0) is 60.3 Å². The van der Waals surface area contributed by atoms with Crippen LogP contribution in [0.3, 0.4) is 0 Å². The molecular weight excluding hydrogens is 310 g/mol. The van der Waals surface area contributed by atoms with E-state index in [1.165, 1.54) is 4.90 Å². The van der Waals surface area contributed by atoms with Crippen LogP contribution in [0.4, 0.5) is 0 Å². The van der Waals surface area contributed by atoms with Crippen LogP contribution in [0.25, 0.3) is 0 Å². The van der Waals surface area contributed by atoms with Crippen LogP contribution in [0.15, 0.2) is 22.7 Å². The number of amides is 1. The Bertz CT molecular complexity index is 525. The molecule has 0 radical (unpaired) electrons. The summed E-state index contributed by atoms with van der Waals surface area (Å²) >= 11 is 3.38. The van der Waals surface area contributed by atoms with E-state index in [-0.39, 0.29) is 11.9 Å². The summed E-state index contributed by atoms with van der Waals surface area (Å²) in [6.07, 6.45) is 1.76. The van der Waals surface area contributed by atoms with E-state index in [0.29, 0.717) is 10.0 Å². The molecule has 1 saturated carbocycles. The van der Waals surface area contributed by atoms with Crippen LogP contribution in [0.5, 0.6) is 0 Å². The molecule has 0 bridgehead atoms. The van der Waals surface area contributed by atoms with Crippen molar-refractivity contribution >= 4 is 27.8 Å². The highest BCUT2D eigenvalue weighted by atomic mass is 79.9. The lowest BCUT2D eigenvalue weighted by Crippen LogP contribution is -2.44. The van der Waals surface area contributed by atoms with Gasteiger partial charge in [0, 0.05) is 10.5 Å². The number of benzene rings is 1. The van der Waals surface area contributed by atoms with E-state index in [2.05, 4.69) is 15.9 Å². The van der Waals surface area contributed by atoms with E-state index in [4.69, 9.17) is 5.11 Å². The van der Waals surface area contributed by atoms with Crippen LogP contribution in [-0.4, -0.2) is 34.0 Å². The highest BCUT2D eigenvalue weighted by Gasteiger charge is 2.39. The molecule has 1 aromatic rings. The van der Waals surface area contributed by atoms with Crippen molar-refractivity contribution in [1.29, 1.82) is 0 Å². The Kier molecular flexibility index (Phi) is 3.94. The van der Waals surface area contributed by atoms with Gasteiger partial charge in [-0.1, -0.05) is 6.07 Å². The van der Waals surface area contributed by atoms with Crippen molar-refractivity contribution in [3.63, 3.8) is 0 Å². The third kappa shape index (κ3) is 2.97. The summed E-state index contributed by atoms with van der Waals surface area (Å²) < 4.78 is 0.709. The molecule has 102 valence electrons. The Morgan fingerprint density at radius 2 is 2.05 bits per heavy atom. The van der Waals surface area contributed by atoms with E-state index in [1.54, 1.807) is 13.0 Å². The van der Waals surface area contributed by atoms with E-state index >= 15 is 0 Å². The predicted molar refractivity (Wildman–Crippen MR) is 75.2 cm³/mol. The van der Waals surface area contributed by atoms with Gasteiger partial charge in [0.2, 0.25) is 0 Å². The summed E-state index contributed by atoms with van der Waals surface area (Å²) in [5.74, 6) is -1.19. The zero-order valence-corrected chi connectivity index (χ0v) is 12.5. The Labute approximate surface area is 120 Å². The quantitative estimate of drug-likeness (QED) is 0.926. The number of hydrogen-bond acceptors (Lipinski definition) is 2. The maximum absolute atomic E-state index is 12.5. The number of carbonyl (C=O) groups is 2. The lowest BCUT2D eigenvalue weighted by atomic mass is 10.1. The molecule has 0 spiro atoms. The molecule has 1 atom stereocenters. The Balaban J connectivity index is 2.31. The molecule has 1 amide bonds. The van der Waals surface area contributed by atoms with E-state index in [1.807, 2.05) is 19.1 Å². The summed E-state index contributed by atoms with van der Waals surface area (Å²) in [5.41, 5.74) is 1.57. The topological polar surface area (TPSA) is 57.6 Å². The summed E-state index contributed by atoms with van der Waals surface area (Å²) in [4.78, 5) is 25.2. The fourth-order valence-electron chi connectivity index (χ4n) is 2.06. The number of nitrogens with zero attached hydrogens (tertiary/aromatic N) is 1.